The van der Waals surface area contributed by atoms with Crippen LogP contribution in [0.1, 0.15) is 24.9 Å². The predicted molar refractivity (Wildman–Crippen MR) is 58.3 cm³/mol. The lowest BCUT2D eigenvalue weighted by Crippen LogP contribution is -2.26. The number of carbonyl (C=O) groups excluding carboxylic acids is 1. The second-order valence-corrected chi connectivity index (χ2v) is 3.66. The summed E-state index contributed by atoms with van der Waals surface area (Å²) < 4.78 is 12.6. The Morgan fingerprint density at radius 3 is 2.60 bits per heavy atom. The minimum atomic E-state index is -0.280. The Balaban J connectivity index is 2.57. The Morgan fingerprint density at radius 2 is 2.07 bits per heavy atom. The zero-order valence-corrected chi connectivity index (χ0v) is 9.22. The number of carbonyl (C=O) groups is 1. The average molecular weight is 230 g/mol. The fourth-order valence-corrected chi connectivity index (χ4v) is 1.41. The highest BCUT2D eigenvalue weighted by molar-refractivity contribution is 6.18. The van der Waals surface area contributed by atoms with Crippen molar-refractivity contribution in [3.63, 3.8) is 0 Å². The van der Waals surface area contributed by atoms with Crippen LogP contribution in [0.25, 0.3) is 0 Å². The zero-order valence-electron chi connectivity index (χ0n) is 8.47. The number of alkyl halides is 1. The van der Waals surface area contributed by atoms with E-state index in [2.05, 4.69) is 5.32 Å². The summed E-state index contributed by atoms with van der Waals surface area (Å²) in [7, 11) is 0. The summed E-state index contributed by atoms with van der Waals surface area (Å²) in [4.78, 5) is 11.2. The van der Waals surface area contributed by atoms with Crippen LogP contribution < -0.4 is 5.32 Å². The number of rotatable bonds is 4. The van der Waals surface area contributed by atoms with Gasteiger partial charge < -0.3 is 5.32 Å². The van der Waals surface area contributed by atoms with Crippen molar-refractivity contribution in [3.8, 4) is 0 Å². The topological polar surface area (TPSA) is 29.1 Å². The fourth-order valence-electron chi connectivity index (χ4n) is 1.23. The Bertz CT molecular complexity index is 326. The number of benzene rings is 1. The van der Waals surface area contributed by atoms with Crippen LogP contribution in [0.5, 0.6) is 0 Å². The monoisotopic (exact) mass is 229 g/mol. The van der Waals surface area contributed by atoms with Crippen molar-refractivity contribution in [2.24, 2.45) is 0 Å². The summed E-state index contributed by atoms with van der Waals surface area (Å²) in [6.45, 7) is 1.85. The van der Waals surface area contributed by atoms with Crippen LogP contribution in [-0.4, -0.2) is 11.8 Å². The summed E-state index contributed by atoms with van der Waals surface area (Å²) in [5.74, 6) is -0.0676. The highest BCUT2D eigenvalue weighted by atomic mass is 35.5. The Hall–Kier alpha value is -1.09. The smallest absolute Gasteiger partial charge is 0.221 e. The highest BCUT2D eigenvalue weighted by Crippen LogP contribution is 2.12. The molecular formula is C11H13ClFNO. The molecule has 2 nitrogen and oxygen atoms in total. The second kappa shape index (κ2) is 5.71. The van der Waals surface area contributed by atoms with Gasteiger partial charge in [0.15, 0.2) is 0 Å². The molecule has 0 saturated heterocycles. The molecular weight excluding hydrogens is 217 g/mol. The van der Waals surface area contributed by atoms with E-state index in [-0.39, 0.29) is 17.8 Å². The molecule has 1 aromatic carbocycles. The minimum Gasteiger partial charge on any atom is -0.350 e. The third kappa shape index (κ3) is 3.88. The quantitative estimate of drug-likeness (QED) is 0.791. The number of nitrogens with one attached hydrogen (secondary N) is 1. The average Bonchev–Trinajstić information content (AvgIpc) is 2.18. The van der Waals surface area contributed by atoms with E-state index < -0.39 is 0 Å². The van der Waals surface area contributed by atoms with E-state index in [0.29, 0.717) is 12.3 Å². The van der Waals surface area contributed by atoms with Crippen molar-refractivity contribution in [2.45, 2.75) is 19.4 Å². The molecule has 15 heavy (non-hydrogen) atoms. The summed E-state index contributed by atoms with van der Waals surface area (Å²) in [6.07, 6.45) is 0.299. The first-order chi connectivity index (χ1) is 7.13. The molecule has 0 aliphatic carbocycles. The Morgan fingerprint density at radius 1 is 1.47 bits per heavy atom. The predicted octanol–water partition coefficient (Wildman–Crippen LogP) is 2.63. The van der Waals surface area contributed by atoms with Gasteiger partial charge in [0.1, 0.15) is 5.82 Å². The lowest BCUT2D eigenvalue weighted by molar-refractivity contribution is -0.121. The van der Waals surface area contributed by atoms with Crippen LogP contribution in [0.3, 0.4) is 0 Å². The van der Waals surface area contributed by atoms with Crippen molar-refractivity contribution in [1.29, 1.82) is 0 Å². The van der Waals surface area contributed by atoms with Crippen molar-refractivity contribution in [1.82, 2.24) is 5.32 Å². The first kappa shape index (κ1) is 12.0. The normalized spacial score (nSPS) is 12.2. The van der Waals surface area contributed by atoms with Crippen LogP contribution in [0, 0.1) is 5.82 Å². The van der Waals surface area contributed by atoms with Crippen LogP contribution in [-0.2, 0) is 4.79 Å². The van der Waals surface area contributed by atoms with Crippen molar-refractivity contribution >= 4 is 17.5 Å². The van der Waals surface area contributed by atoms with E-state index in [1.807, 2.05) is 6.92 Å². The molecule has 0 saturated carbocycles. The first-order valence-electron chi connectivity index (χ1n) is 4.74. The first-order valence-corrected chi connectivity index (χ1v) is 5.27. The maximum absolute atomic E-state index is 12.6. The van der Waals surface area contributed by atoms with Gasteiger partial charge >= 0.3 is 0 Å². The molecule has 0 bridgehead atoms. The standard InChI is InChI=1S/C11H13ClFNO/c1-8(14-11(15)6-7-12)9-2-4-10(13)5-3-9/h2-5,8H,6-7H2,1H3,(H,14,15)/t8-/m1/s1. The van der Waals surface area contributed by atoms with Gasteiger partial charge in [0, 0.05) is 12.3 Å². The molecule has 1 atom stereocenters. The van der Waals surface area contributed by atoms with E-state index >= 15 is 0 Å². The second-order valence-electron chi connectivity index (χ2n) is 3.28. The molecule has 0 fully saturated rings. The molecule has 82 valence electrons. The lowest BCUT2D eigenvalue weighted by atomic mass is 10.1. The van der Waals surface area contributed by atoms with Gasteiger partial charge in [-0.15, -0.1) is 11.6 Å². The van der Waals surface area contributed by atoms with E-state index in [9.17, 15) is 9.18 Å². The van der Waals surface area contributed by atoms with Gasteiger partial charge in [0.05, 0.1) is 6.04 Å². The molecule has 1 aromatic rings. The Kier molecular flexibility index (Phi) is 4.56. The number of hydrogen-bond donors (Lipinski definition) is 1. The van der Waals surface area contributed by atoms with Gasteiger partial charge in [-0.1, -0.05) is 12.1 Å². The minimum absolute atomic E-state index is 0.0955. The highest BCUT2D eigenvalue weighted by Gasteiger charge is 2.08. The molecule has 0 aliphatic heterocycles. The molecule has 0 spiro atoms. The summed E-state index contributed by atoms with van der Waals surface area (Å²) in [5.41, 5.74) is 0.874. The van der Waals surface area contributed by atoms with Gasteiger partial charge in [-0.2, -0.15) is 0 Å². The van der Waals surface area contributed by atoms with E-state index in [0.717, 1.165) is 5.56 Å². The largest absolute Gasteiger partial charge is 0.350 e. The molecule has 1 N–H and O–H groups in total. The van der Waals surface area contributed by atoms with E-state index in [4.69, 9.17) is 11.6 Å². The van der Waals surface area contributed by atoms with Crippen LogP contribution in [0.4, 0.5) is 4.39 Å². The number of hydrogen-bond acceptors (Lipinski definition) is 1. The number of amides is 1. The SMILES string of the molecule is C[C@@H](NC(=O)CCCl)c1ccc(F)cc1. The van der Waals surface area contributed by atoms with Gasteiger partial charge in [0.25, 0.3) is 0 Å². The summed E-state index contributed by atoms with van der Waals surface area (Å²) in [5, 5.41) is 2.77. The summed E-state index contributed by atoms with van der Waals surface area (Å²) >= 11 is 5.44. The van der Waals surface area contributed by atoms with Gasteiger partial charge in [-0.3, -0.25) is 4.79 Å². The van der Waals surface area contributed by atoms with Gasteiger partial charge in [-0.25, -0.2) is 4.39 Å². The molecule has 0 radical (unpaired) electrons. The van der Waals surface area contributed by atoms with Crippen LogP contribution in [0.15, 0.2) is 24.3 Å². The van der Waals surface area contributed by atoms with Crippen molar-refractivity contribution in [3.05, 3.63) is 35.6 Å². The third-order valence-electron chi connectivity index (χ3n) is 2.07. The molecule has 0 aromatic heterocycles. The molecule has 1 rings (SSSR count). The molecule has 1 amide bonds. The van der Waals surface area contributed by atoms with E-state index in [1.165, 1.54) is 12.1 Å². The molecule has 0 heterocycles. The third-order valence-corrected chi connectivity index (χ3v) is 2.26. The van der Waals surface area contributed by atoms with Gasteiger partial charge in [-0.05, 0) is 24.6 Å². The van der Waals surface area contributed by atoms with E-state index in [1.54, 1.807) is 12.1 Å². The van der Waals surface area contributed by atoms with Crippen LogP contribution in [0.2, 0.25) is 0 Å². The summed E-state index contributed by atoms with van der Waals surface area (Å²) in [6, 6.07) is 5.93. The molecule has 0 unspecified atom stereocenters. The lowest BCUT2D eigenvalue weighted by Gasteiger charge is -2.13. The molecule has 4 heteroatoms. The molecule has 0 aliphatic rings. The Labute approximate surface area is 93.4 Å². The van der Waals surface area contributed by atoms with Gasteiger partial charge in [0.2, 0.25) is 5.91 Å². The van der Waals surface area contributed by atoms with Crippen molar-refractivity contribution in [2.75, 3.05) is 5.88 Å². The maximum atomic E-state index is 12.6. The number of halogens is 2. The van der Waals surface area contributed by atoms with Crippen molar-refractivity contribution < 1.29 is 9.18 Å². The zero-order chi connectivity index (χ0) is 11.3. The fraction of sp³-hybridized carbons (Fsp3) is 0.364. The van der Waals surface area contributed by atoms with Crippen LogP contribution >= 0.6 is 11.6 Å². The maximum Gasteiger partial charge on any atom is 0.221 e.